The van der Waals surface area contributed by atoms with E-state index in [-0.39, 0.29) is 21.9 Å². The summed E-state index contributed by atoms with van der Waals surface area (Å²) >= 11 is 6.38. The van der Waals surface area contributed by atoms with E-state index in [2.05, 4.69) is 0 Å². The molecule has 4 rings (SSSR count). The number of rotatable bonds is 6. The highest BCUT2D eigenvalue weighted by Crippen LogP contribution is 2.43. The number of carbonyl (C=O) groups is 2. The Morgan fingerprint density at radius 3 is 2.56 bits per heavy atom. The van der Waals surface area contributed by atoms with Gasteiger partial charge < -0.3 is 14.7 Å². The maximum absolute atomic E-state index is 13.2. The van der Waals surface area contributed by atoms with Gasteiger partial charge in [0, 0.05) is 12.1 Å². The largest absolute Gasteiger partial charge is 0.507 e. The number of hydrogen-bond donors (Lipinski definition) is 1. The van der Waals surface area contributed by atoms with Crippen LogP contribution in [0.25, 0.3) is 16.5 Å². The monoisotopic (exact) mass is 449 g/mol. The molecule has 0 aromatic heterocycles. The van der Waals surface area contributed by atoms with Crippen LogP contribution >= 0.6 is 11.6 Å². The van der Waals surface area contributed by atoms with Gasteiger partial charge in [-0.2, -0.15) is 0 Å². The third kappa shape index (κ3) is 3.73. The predicted octanol–water partition coefficient (Wildman–Crippen LogP) is 5.72. The number of amides is 1. The van der Waals surface area contributed by atoms with Crippen LogP contribution in [0.4, 0.5) is 0 Å². The van der Waals surface area contributed by atoms with Crippen LogP contribution in [0.1, 0.15) is 37.4 Å². The number of benzene rings is 3. The molecule has 0 radical (unpaired) electrons. The van der Waals surface area contributed by atoms with Crippen LogP contribution in [0, 0.1) is 0 Å². The van der Waals surface area contributed by atoms with Crippen LogP contribution in [-0.2, 0) is 9.59 Å². The number of ether oxygens (including phenoxy) is 1. The highest BCUT2D eigenvalue weighted by molar-refractivity contribution is 6.47. The first kappa shape index (κ1) is 21.9. The smallest absolute Gasteiger partial charge is 0.295 e. The fraction of sp³-hybridized carbons (Fsp3) is 0.231. The summed E-state index contributed by atoms with van der Waals surface area (Å²) in [4.78, 5) is 27.7. The molecule has 1 aliphatic heterocycles. The Hall–Kier alpha value is -3.31. The molecule has 32 heavy (non-hydrogen) atoms. The first-order valence-electron chi connectivity index (χ1n) is 10.7. The topological polar surface area (TPSA) is 66.8 Å². The van der Waals surface area contributed by atoms with Gasteiger partial charge in [0.2, 0.25) is 0 Å². The fourth-order valence-corrected chi connectivity index (χ4v) is 4.46. The molecule has 1 heterocycles. The average molecular weight is 450 g/mol. The number of aliphatic hydroxyl groups is 1. The van der Waals surface area contributed by atoms with Crippen LogP contribution in [0.5, 0.6) is 5.75 Å². The molecule has 1 unspecified atom stereocenters. The number of ketones is 1. The minimum atomic E-state index is -0.716. The van der Waals surface area contributed by atoms with Crippen molar-refractivity contribution in [1.29, 1.82) is 0 Å². The van der Waals surface area contributed by atoms with Crippen LogP contribution in [0.3, 0.4) is 0 Å². The Labute approximate surface area is 191 Å². The van der Waals surface area contributed by atoms with Gasteiger partial charge >= 0.3 is 0 Å². The maximum Gasteiger partial charge on any atom is 0.295 e. The van der Waals surface area contributed by atoms with Gasteiger partial charge in [-0.05, 0) is 47.9 Å². The molecule has 0 saturated carbocycles. The predicted molar refractivity (Wildman–Crippen MR) is 126 cm³/mol. The van der Waals surface area contributed by atoms with Crippen LogP contribution in [0.2, 0.25) is 5.02 Å². The van der Waals surface area contributed by atoms with E-state index in [9.17, 15) is 14.7 Å². The first-order valence-corrected chi connectivity index (χ1v) is 11.0. The Kier molecular flexibility index (Phi) is 6.19. The third-order valence-corrected chi connectivity index (χ3v) is 5.96. The number of hydrogen-bond acceptors (Lipinski definition) is 4. The molecule has 1 N–H and O–H groups in total. The Morgan fingerprint density at radius 1 is 1.06 bits per heavy atom. The lowest BCUT2D eigenvalue weighted by Gasteiger charge is -2.26. The summed E-state index contributed by atoms with van der Waals surface area (Å²) in [7, 11) is 0. The summed E-state index contributed by atoms with van der Waals surface area (Å²) in [6.07, 6.45) is 0.676. The van der Waals surface area contributed by atoms with Gasteiger partial charge in [-0.15, -0.1) is 0 Å². The molecule has 6 heteroatoms. The number of nitrogens with zero attached hydrogens (tertiary/aromatic N) is 1. The summed E-state index contributed by atoms with van der Waals surface area (Å²) in [5, 5.41) is 13.5. The van der Waals surface area contributed by atoms with Gasteiger partial charge in [-0.3, -0.25) is 9.59 Å². The second-order valence-corrected chi connectivity index (χ2v) is 8.04. The summed E-state index contributed by atoms with van der Waals surface area (Å²) in [6, 6.07) is 17.7. The molecule has 5 nitrogen and oxygen atoms in total. The van der Waals surface area contributed by atoms with Crippen molar-refractivity contribution in [1.82, 2.24) is 4.90 Å². The fourth-order valence-electron chi connectivity index (χ4n) is 4.25. The molecule has 0 spiro atoms. The van der Waals surface area contributed by atoms with Crippen molar-refractivity contribution in [3.8, 4) is 5.75 Å². The van der Waals surface area contributed by atoms with Crippen molar-refractivity contribution in [3.05, 3.63) is 82.4 Å². The van der Waals surface area contributed by atoms with E-state index >= 15 is 0 Å². The quantitative estimate of drug-likeness (QED) is 0.297. The van der Waals surface area contributed by atoms with E-state index in [0.717, 1.165) is 16.3 Å². The zero-order valence-corrected chi connectivity index (χ0v) is 18.7. The lowest BCUT2D eigenvalue weighted by Crippen LogP contribution is -2.30. The first-order chi connectivity index (χ1) is 15.5. The number of aliphatic hydroxyl groups excluding tert-OH is 1. The molecule has 0 aliphatic carbocycles. The van der Waals surface area contributed by atoms with Crippen LogP contribution < -0.4 is 4.74 Å². The van der Waals surface area contributed by atoms with Crippen molar-refractivity contribution >= 4 is 39.8 Å². The number of likely N-dealkylation sites (tertiary alicyclic amines) is 1. The van der Waals surface area contributed by atoms with Gasteiger partial charge in [-0.25, -0.2) is 0 Å². The minimum absolute atomic E-state index is 0.0374. The highest BCUT2D eigenvalue weighted by atomic mass is 35.5. The zero-order chi connectivity index (χ0) is 22.8. The molecule has 1 amide bonds. The van der Waals surface area contributed by atoms with Crippen molar-refractivity contribution < 1.29 is 19.4 Å². The van der Waals surface area contributed by atoms with Gasteiger partial charge in [0.25, 0.3) is 11.7 Å². The Morgan fingerprint density at radius 2 is 1.81 bits per heavy atom. The second kappa shape index (κ2) is 9.05. The van der Waals surface area contributed by atoms with Crippen LogP contribution in [-0.4, -0.2) is 34.8 Å². The van der Waals surface area contributed by atoms with Crippen LogP contribution in [0.15, 0.2) is 66.2 Å². The van der Waals surface area contributed by atoms with Crippen molar-refractivity contribution in [3.63, 3.8) is 0 Å². The van der Waals surface area contributed by atoms with Gasteiger partial charge in [-0.1, -0.05) is 61.0 Å². The molecule has 1 aliphatic rings. The van der Waals surface area contributed by atoms with E-state index in [1.54, 1.807) is 18.2 Å². The summed E-state index contributed by atoms with van der Waals surface area (Å²) < 4.78 is 5.54. The minimum Gasteiger partial charge on any atom is -0.507 e. The summed E-state index contributed by atoms with van der Waals surface area (Å²) in [5.41, 5.74) is 1.09. The normalized spacial score (nSPS) is 17.8. The van der Waals surface area contributed by atoms with Gasteiger partial charge in [0.15, 0.2) is 0 Å². The Bertz CT molecular complexity index is 1230. The number of Topliss-reactive ketones (excluding diaryl/α,β-unsaturated/α-hetero) is 1. The number of halogens is 1. The zero-order valence-electron chi connectivity index (χ0n) is 18.0. The third-order valence-electron chi connectivity index (χ3n) is 5.63. The highest BCUT2D eigenvalue weighted by Gasteiger charge is 2.46. The van der Waals surface area contributed by atoms with Gasteiger partial charge in [0.1, 0.15) is 11.5 Å². The molecule has 3 aromatic rings. The lowest BCUT2D eigenvalue weighted by molar-refractivity contribution is -0.139. The SMILES string of the molecule is CCCN1C(=O)C(=O)/C(=C(/O)c2cc(OCC)ccc2Cl)C1c1cccc2ccccc12. The molecule has 1 atom stereocenters. The lowest BCUT2D eigenvalue weighted by atomic mass is 9.91. The number of carbonyl (C=O) groups excluding carboxylic acids is 2. The van der Waals surface area contributed by atoms with Gasteiger partial charge in [0.05, 0.1) is 23.2 Å². The molecular formula is C26H24ClNO4. The Balaban J connectivity index is 1.98. The molecule has 3 aromatic carbocycles. The van der Waals surface area contributed by atoms with E-state index in [1.165, 1.54) is 4.90 Å². The number of fused-ring (bicyclic) bond motifs is 1. The van der Waals surface area contributed by atoms with E-state index in [0.29, 0.717) is 25.3 Å². The van der Waals surface area contributed by atoms with E-state index in [4.69, 9.17) is 16.3 Å². The molecule has 0 bridgehead atoms. The summed E-state index contributed by atoms with van der Waals surface area (Å²) in [6.45, 7) is 4.63. The average Bonchev–Trinajstić information content (AvgIpc) is 3.05. The van der Waals surface area contributed by atoms with E-state index < -0.39 is 17.7 Å². The molecule has 164 valence electrons. The summed E-state index contributed by atoms with van der Waals surface area (Å²) in [5.74, 6) is -1.12. The second-order valence-electron chi connectivity index (χ2n) is 7.64. The molecular weight excluding hydrogens is 426 g/mol. The maximum atomic E-state index is 13.2. The molecule has 1 saturated heterocycles. The van der Waals surface area contributed by atoms with Crippen molar-refractivity contribution in [2.24, 2.45) is 0 Å². The van der Waals surface area contributed by atoms with E-state index in [1.807, 2.05) is 56.3 Å². The standard InChI is InChI=1S/C26H24ClNO4/c1-3-14-28-23(19-11-7-9-16-8-5-6-10-18(16)19)22(25(30)26(28)31)24(29)20-15-17(32-4-2)12-13-21(20)27/h5-13,15,23,29H,3-4,14H2,1-2H3/b24-22+. The van der Waals surface area contributed by atoms with Crippen molar-refractivity contribution in [2.45, 2.75) is 26.3 Å². The van der Waals surface area contributed by atoms with Crippen molar-refractivity contribution in [2.75, 3.05) is 13.2 Å². The molecule has 1 fully saturated rings.